The van der Waals surface area contributed by atoms with Crippen LogP contribution in [-0.2, 0) is 16.8 Å². The molecule has 0 aliphatic rings. The molecule has 19 heavy (non-hydrogen) atoms. The summed E-state index contributed by atoms with van der Waals surface area (Å²) < 4.78 is 0. The number of carbonyl (C=O) groups excluding carboxylic acids is 1. The molecule has 1 unspecified atom stereocenters. The Hall–Kier alpha value is -1.35. The van der Waals surface area contributed by atoms with Gasteiger partial charge in [0.2, 0.25) is 0 Å². The predicted molar refractivity (Wildman–Crippen MR) is 74.8 cm³/mol. The van der Waals surface area contributed by atoms with Crippen LogP contribution < -0.4 is 10.0 Å². The van der Waals surface area contributed by atoms with Gasteiger partial charge in [0.15, 0.2) is 0 Å². The second-order valence-corrected chi connectivity index (χ2v) is 6.17. The largest absolute Gasteiger partial charge is 0.544 e. The van der Waals surface area contributed by atoms with E-state index >= 15 is 0 Å². The molecule has 1 atom stereocenters. The summed E-state index contributed by atoms with van der Waals surface area (Å²) in [4.78, 5) is 11.8. The highest BCUT2D eigenvalue weighted by atomic mass is 16.4. The number of carboxylic acids is 1. The third kappa shape index (κ3) is 5.43. The lowest BCUT2D eigenvalue weighted by Gasteiger charge is -2.21. The minimum atomic E-state index is -0.977. The highest BCUT2D eigenvalue weighted by molar-refractivity contribution is 5.65. The van der Waals surface area contributed by atoms with E-state index in [0.717, 1.165) is 24.4 Å². The lowest BCUT2D eigenvalue weighted by Crippen LogP contribution is -3.12. The number of rotatable bonds is 6. The summed E-state index contributed by atoms with van der Waals surface area (Å²) >= 11 is 0. The third-order valence-corrected chi connectivity index (χ3v) is 3.27. The van der Waals surface area contributed by atoms with Crippen molar-refractivity contribution in [3.05, 3.63) is 35.4 Å². The van der Waals surface area contributed by atoms with Gasteiger partial charge in [0.25, 0.3) is 0 Å². The molecule has 1 N–H and O–H groups in total. The SMILES string of the molecule is CCC[NH+](CC(=O)[O-])Cc1ccc(C(C)(C)C)cc1. The van der Waals surface area contributed by atoms with E-state index in [-0.39, 0.29) is 12.0 Å². The van der Waals surface area contributed by atoms with Gasteiger partial charge in [-0.25, -0.2) is 0 Å². The summed E-state index contributed by atoms with van der Waals surface area (Å²) in [6.45, 7) is 10.3. The Balaban J connectivity index is 2.72. The van der Waals surface area contributed by atoms with Crippen LogP contribution in [0.5, 0.6) is 0 Å². The zero-order chi connectivity index (χ0) is 14.5. The van der Waals surface area contributed by atoms with Gasteiger partial charge in [0.1, 0.15) is 13.1 Å². The fraction of sp³-hybridized carbons (Fsp3) is 0.562. The van der Waals surface area contributed by atoms with Crippen LogP contribution in [-0.4, -0.2) is 19.1 Å². The molecule has 0 saturated heterocycles. The van der Waals surface area contributed by atoms with Crippen LogP contribution in [0, 0.1) is 0 Å². The fourth-order valence-corrected chi connectivity index (χ4v) is 2.21. The maximum Gasteiger partial charge on any atom is 0.118 e. The average Bonchev–Trinajstić information content (AvgIpc) is 2.28. The molecule has 0 radical (unpaired) electrons. The molecule has 0 spiro atoms. The Morgan fingerprint density at radius 1 is 1.21 bits per heavy atom. The van der Waals surface area contributed by atoms with Crippen LogP contribution in [0.3, 0.4) is 0 Å². The Bertz CT molecular complexity index is 404. The van der Waals surface area contributed by atoms with Crippen molar-refractivity contribution in [3.63, 3.8) is 0 Å². The van der Waals surface area contributed by atoms with Crippen LogP contribution in [0.15, 0.2) is 24.3 Å². The van der Waals surface area contributed by atoms with Crippen molar-refractivity contribution in [2.75, 3.05) is 13.1 Å². The topological polar surface area (TPSA) is 44.6 Å². The van der Waals surface area contributed by atoms with Crippen molar-refractivity contribution < 1.29 is 14.8 Å². The molecular weight excluding hydrogens is 238 g/mol. The second kappa shape index (κ2) is 6.71. The predicted octanol–water partition coefficient (Wildman–Crippen LogP) is 0.529. The molecule has 3 nitrogen and oxygen atoms in total. The first-order valence-corrected chi connectivity index (χ1v) is 6.95. The quantitative estimate of drug-likeness (QED) is 0.813. The maximum atomic E-state index is 10.7. The first-order valence-electron chi connectivity index (χ1n) is 6.95. The molecule has 0 saturated carbocycles. The van der Waals surface area contributed by atoms with Gasteiger partial charge in [0, 0.05) is 5.56 Å². The molecule has 0 heterocycles. The fourth-order valence-electron chi connectivity index (χ4n) is 2.21. The van der Waals surface area contributed by atoms with Crippen molar-refractivity contribution in [2.45, 2.75) is 46.1 Å². The van der Waals surface area contributed by atoms with Crippen LogP contribution in [0.4, 0.5) is 0 Å². The molecule has 0 aromatic heterocycles. The van der Waals surface area contributed by atoms with Gasteiger partial charge >= 0.3 is 0 Å². The van der Waals surface area contributed by atoms with Gasteiger partial charge in [-0.15, -0.1) is 0 Å². The lowest BCUT2D eigenvalue weighted by molar-refractivity contribution is -0.908. The van der Waals surface area contributed by atoms with E-state index < -0.39 is 5.97 Å². The van der Waals surface area contributed by atoms with E-state index in [0.29, 0.717) is 0 Å². The molecule has 0 aliphatic heterocycles. The molecule has 0 bridgehead atoms. The van der Waals surface area contributed by atoms with Crippen molar-refractivity contribution in [1.82, 2.24) is 0 Å². The Labute approximate surface area is 116 Å². The molecule has 1 rings (SSSR count). The van der Waals surface area contributed by atoms with Crippen LogP contribution in [0.1, 0.15) is 45.2 Å². The van der Waals surface area contributed by atoms with Crippen molar-refractivity contribution in [2.24, 2.45) is 0 Å². The molecule has 3 heteroatoms. The summed E-state index contributed by atoms with van der Waals surface area (Å²) in [7, 11) is 0. The first-order chi connectivity index (χ1) is 8.82. The van der Waals surface area contributed by atoms with E-state index in [1.165, 1.54) is 11.1 Å². The minimum Gasteiger partial charge on any atom is -0.544 e. The number of quaternary nitrogens is 1. The molecule has 106 valence electrons. The van der Waals surface area contributed by atoms with Gasteiger partial charge in [0.05, 0.1) is 12.5 Å². The number of hydrogen-bond acceptors (Lipinski definition) is 2. The number of carbonyl (C=O) groups is 1. The standard InChI is InChI=1S/C16H25NO2/c1-5-10-17(12-15(18)19)11-13-6-8-14(9-7-13)16(2,3)4/h6-9H,5,10-12H2,1-4H3,(H,18,19). The molecule has 1 aromatic rings. The van der Waals surface area contributed by atoms with E-state index in [2.05, 4.69) is 52.0 Å². The van der Waals surface area contributed by atoms with E-state index in [1.54, 1.807) is 0 Å². The van der Waals surface area contributed by atoms with Gasteiger partial charge in [-0.1, -0.05) is 52.0 Å². The molecular formula is C16H25NO2. The lowest BCUT2D eigenvalue weighted by atomic mass is 9.87. The number of hydrogen-bond donors (Lipinski definition) is 1. The van der Waals surface area contributed by atoms with Gasteiger partial charge < -0.3 is 14.8 Å². The summed E-state index contributed by atoms with van der Waals surface area (Å²) in [5.74, 6) is -0.977. The van der Waals surface area contributed by atoms with Gasteiger partial charge in [-0.05, 0) is 17.4 Å². The van der Waals surface area contributed by atoms with E-state index in [4.69, 9.17) is 0 Å². The molecule has 0 fully saturated rings. The molecule has 1 aromatic carbocycles. The van der Waals surface area contributed by atoms with E-state index in [1.807, 2.05) is 0 Å². The van der Waals surface area contributed by atoms with Crippen molar-refractivity contribution in [3.8, 4) is 0 Å². The minimum absolute atomic E-state index is 0.0782. The maximum absolute atomic E-state index is 10.7. The zero-order valence-electron chi connectivity index (χ0n) is 12.5. The monoisotopic (exact) mass is 263 g/mol. The smallest absolute Gasteiger partial charge is 0.118 e. The summed E-state index contributed by atoms with van der Waals surface area (Å²) in [6, 6.07) is 8.48. The summed E-state index contributed by atoms with van der Waals surface area (Å²) in [6.07, 6.45) is 0.975. The molecule has 0 aliphatic carbocycles. The zero-order valence-corrected chi connectivity index (χ0v) is 12.5. The van der Waals surface area contributed by atoms with Crippen LogP contribution in [0.25, 0.3) is 0 Å². The highest BCUT2D eigenvalue weighted by Gasteiger charge is 2.14. The average molecular weight is 263 g/mol. The number of nitrogens with one attached hydrogen (secondary N) is 1. The summed E-state index contributed by atoms with van der Waals surface area (Å²) in [5, 5.41) is 10.7. The number of carboxylic acid groups (broad SMARTS) is 1. The second-order valence-electron chi connectivity index (χ2n) is 6.17. The number of aliphatic carboxylic acids is 1. The van der Waals surface area contributed by atoms with Gasteiger partial charge in [-0.2, -0.15) is 0 Å². The van der Waals surface area contributed by atoms with E-state index in [9.17, 15) is 9.90 Å². The summed E-state index contributed by atoms with van der Waals surface area (Å²) in [5.41, 5.74) is 2.63. The Kier molecular flexibility index (Phi) is 5.55. The Morgan fingerprint density at radius 2 is 1.79 bits per heavy atom. The van der Waals surface area contributed by atoms with Crippen molar-refractivity contribution >= 4 is 5.97 Å². The highest BCUT2D eigenvalue weighted by Crippen LogP contribution is 2.21. The normalized spacial score (nSPS) is 13.3. The van der Waals surface area contributed by atoms with Crippen molar-refractivity contribution in [1.29, 1.82) is 0 Å². The third-order valence-electron chi connectivity index (χ3n) is 3.27. The van der Waals surface area contributed by atoms with Crippen LogP contribution in [0.2, 0.25) is 0 Å². The van der Waals surface area contributed by atoms with Gasteiger partial charge in [-0.3, -0.25) is 0 Å². The Morgan fingerprint density at radius 3 is 2.21 bits per heavy atom. The first kappa shape index (κ1) is 15.7. The number of benzene rings is 1. The molecule has 0 amide bonds. The van der Waals surface area contributed by atoms with Crippen LogP contribution >= 0.6 is 0 Å².